The second kappa shape index (κ2) is 8.22. The van der Waals surface area contributed by atoms with Gasteiger partial charge in [0.2, 0.25) is 15.9 Å². The third kappa shape index (κ3) is 4.27. The van der Waals surface area contributed by atoms with E-state index in [2.05, 4.69) is 10.8 Å². The topological polar surface area (TPSA) is 75.7 Å². The molecular formula is C19H26N2O4S. The van der Waals surface area contributed by atoms with Crippen LogP contribution in [0.4, 0.5) is 5.69 Å². The molecular weight excluding hydrogens is 352 g/mol. The highest BCUT2D eigenvalue weighted by molar-refractivity contribution is 7.89. The van der Waals surface area contributed by atoms with Gasteiger partial charge in [-0.1, -0.05) is 11.6 Å². The standard InChI is InChI=1S/C19H26N2O4S/c1-25-17-10-9-16(21-13-5-8-19(21)22)14-18(17)26(23,24)20-12-11-15-6-3-2-4-7-15/h6,9-10,14,20H,2-5,7-8,11-13H2,1H3. The smallest absolute Gasteiger partial charge is 0.244 e. The molecule has 7 heteroatoms. The van der Waals surface area contributed by atoms with Crippen molar-refractivity contribution in [2.24, 2.45) is 0 Å². The molecule has 0 spiro atoms. The van der Waals surface area contributed by atoms with Gasteiger partial charge in [-0.3, -0.25) is 4.79 Å². The number of hydrogen-bond acceptors (Lipinski definition) is 4. The Hall–Kier alpha value is -1.86. The summed E-state index contributed by atoms with van der Waals surface area (Å²) in [5.41, 5.74) is 1.92. The summed E-state index contributed by atoms with van der Waals surface area (Å²) in [4.78, 5) is 13.7. The zero-order valence-electron chi connectivity index (χ0n) is 15.2. The van der Waals surface area contributed by atoms with Gasteiger partial charge in [-0.15, -0.1) is 0 Å². The molecule has 142 valence electrons. The van der Waals surface area contributed by atoms with Crippen LogP contribution in [0.3, 0.4) is 0 Å². The van der Waals surface area contributed by atoms with E-state index in [0.717, 1.165) is 25.7 Å². The van der Waals surface area contributed by atoms with Gasteiger partial charge in [-0.25, -0.2) is 13.1 Å². The summed E-state index contributed by atoms with van der Waals surface area (Å²) < 4.78 is 33.5. The fraction of sp³-hybridized carbons (Fsp3) is 0.526. The SMILES string of the molecule is COc1ccc(N2CCCC2=O)cc1S(=O)(=O)NCCC1=CCCCC1. The third-order valence-corrected chi connectivity index (χ3v) is 6.43. The van der Waals surface area contributed by atoms with E-state index < -0.39 is 10.0 Å². The van der Waals surface area contributed by atoms with Crippen LogP contribution in [0.2, 0.25) is 0 Å². The normalized spacial score (nSPS) is 18.1. The molecule has 0 unspecified atom stereocenters. The fourth-order valence-electron chi connectivity index (χ4n) is 3.52. The molecule has 3 rings (SSSR count). The van der Waals surface area contributed by atoms with Crippen LogP contribution in [-0.2, 0) is 14.8 Å². The van der Waals surface area contributed by atoms with E-state index in [4.69, 9.17) is 4.74 Å². The van der Waals surface area contributed by atoms with Crippen LogP contribution in [0, 0.1) is 0 Å². The molecule has 1 aliphatic heterocycles. The molecule has 1 amide bonds. The van der Waals surface area contributed by atoms with Crippen molar-refractivity contribution >= 4 is 21.6 Å². The maximum atomic E-state index is 12.8. The number of carbonyl (C=O) groups excluding carboxylic acids is 1. The summed E-state index contributed by atoms with van der Waals surface area (Å²) in [7, 11) is -2.27. The highest BCUT2D eigenvalue weighted by atomic mass is 32.2. The molecule has 6 nitrogen and oxygen atoms in total. The summed E-state index contributed by atoms with van der Waals surface area (Å²) >= 11 is 0. The number of sulfonamides is 1. The Morgan fingerprint density at radius 2 is 2.04 bits per heavy atom. The van der Waals surface area contributed by atoms with Crippen LogP contribution in [0.5, 0.6) is 5.75 Å². The molecule has 0 aromatic heterocycles. The lowest BCUT2D eigenvalue weighted by molar-refractivity contribution is -0.117. The van der Waals surface area contributed by atoms with Crippen molar-refractivity contribution in [1.29, 1.82) is 0 Å². The number of ether oxygens (including phenoxy) is 1. The highest BCUT2D eigenvalue weighted by Crippen LogP contribution is 2.31. The summed E-state index contributed by atoms with van der Waals surface area (Å²) in [6.45, 7) is 0.983. The Morgan fingerprint density at radius 1 is 1.19 bits per heavy atom. The maximum absolute atomic E-state index is 12.8. The first kappa shape index (κ1) is 18.9. The molecule has 1 N–H and O–H groups in total. The Labute approximate surface area is 155 Å². The first-order valence-electron chi connectivity index (χ1n) is 9.17. The minimum Gasteiger partial charge on any atom is -0.495 e. The van der Waals surface area contributed by atoms with E-state index >= 15 is 0 Å². The quantitative estimate of drug-likeness (QED) is 0.740. The Bertz CT molecular complexity index is 802. The molecule has 0 radical (unpaired) electrons. The molecule has 26 heavy (non-hydrogen) atoms. The minimum absolute atomic E-state index is 0.0238. The Morgan fingerprint density at radius 3 is 2.69 bits per heavy atom. The van der Waals surface area contributed by atoms with Crippen LogP contribution < -0.4 is 14.4 Å². The number of amides is 1. The molecule has 1 fully saturated rings. The van der Waals surface area contributed by atoms with Gasteiger partial charge in [-0.2, -0.15) is 0 Å². The fourth-order valence-corrected chi connectivity index (χ4v) is 4.74. The zero-order chi connectivity index (χ0) is 18.6. The maximum Gasteiger partial charge on any atom is 0.244 e. The second-order valence-electron chi connectivity index (χ2n) is 6.74. The van der Waals surface area contributed by atoms with Crippen LogP contribution in [-0.4, -0.2) is 34.5 Å². The van der Waals surface area contributed by atoms with Crippen LogP contribution in [0.25, 0.3) is 0 Å². The molecule has 2 aliphatic rings. The van der Waals surface area contributed by atoms with Crippen molar-refractivity contribution in [3.05, 3.63) is 29.8 Å². The molecule has 1 aliphatic carbocycles. The molecule has 1 heterocycles. The summed E-state index contributed by atoms with van der Waals surface area (Å²) in [6, 6.07) is 4.87. The second-order valence-corrected chi connectivity index (χ2v) is 8.48. The van der Waals surface area contributed by atoms with Crippen molar-refractivity contribution in [2.45, 2.75) is 49.8 Å². The number of benzene rings is 1. The van der Waals surface area contributed by atoms with Crippen LogP contribution >= 0.6 is 0 Å². The summed E-state index contributed by atoms with van der Waals surface area (Å²) in [5.74, 6) is 0.306. The van der Waals surface area contributed by atoms with Crippen LogP contribution in [0.1, 0.15) is 44.9 Å². The van der Waals surface area contributed by atoms with Gasteiger partial charge in [0, 0.05) is 25.2 Å². The number of rotatable bonds is 7. The first-order valence-corrected chi connectivity index (χ1v) is 10.7. The lowest BCUT2D eigenvalue weighted by atomic mass is 9.97. The number of allylic oxidation sites excluding steroid dienone is 1. The van der Waals surface area contributed by atoms with E-state index in [1.165, 1.54) is 31.6 Å². The predicted molar refractivity (Wildman–Crippen MR) is 101 cm³/mol. The van der Waals surface area contributed by atoms with Gasteiger partial charge in [0.25, 0.3) is 0 Å². The molecule has 1 aromatic rings. The molecule has 0 saturated carbocycles. The van der Waals surface area contributed by atoms with E-state index in [9.17, 15) is 13.2 Å². The van der Waals surface area contributed by atoms with Crippen molar-refractivity contribution in [3.63, 3.8) is 0 Å². The largest absolute Gasteiger partial charge is 0.495 e. The van der Waals surface area contributed by atoms with Gasteiger partial charge in [0.05, 0.1) is 7.11 Å². The lowest BCUT2D eigenvalue weighted by Crippen LogP contribution is -2.27. The number of carbonyl (C=O) groups is 1. The van der Waals surface area contributed by atoms with E-state index in [0.29, 0.717) is 25.2 Å². The predicted octanol–water partition coefficient (Wildman–Crippen LogP) is 2.99. The van der Waals surface area contributed by atoms with Crippen molar-refractivity contribution in [1.82, 2.24) is 4.72 Å². The monoisotopic (exact) mass is 378 g/mol. The first-order chi connectivity index (χ1) is 12.5. The number of methoxy groups -OCH3 is 1. The van der Waals surface area contributed by atoms with Gasteiger partial charge in [0.1, 0.15) is 10.6 Å². The number of nitrogens with zero attached hydrogens (tertiary/aromatic N) is 1. The molecule has 0 atom stereocenters. The Balaban J connectivity index is 1.76. The average molecular weight is 378 g/mol. The lowest BCUT2D eigenvalue weighted by Gasteiger charge is -2.19. The number of hydrogen-bond donors (Lipinski definition) is 1. The van der Waals surface area contributed by atoms with E-state index in [1.807, 2.05) is 0 Å². The van der Waals surface area contributed by atoms with E-state index in [-0.39, 0.29) is 16.6 Å². The molecule has 1 aromatic carbocycles. The third-order valence-electron chi connectivity index (χ3n) is 4.95. The van der Waals surface area contributed by atoms with Crippen molar-refractivity contribution in [3.8, 4) is 5.75 Å². The molecule has 1 saturated heterocycles. The van der Waals surface area contributed by atoms with E-state index in [1.54, 1.807) is 17.0 Å². The van der Waals surface area contributed by atoms with Gasteiger partial charge < -0.3 is 9.64 Å². The van der Waals surface area contributed by atoms with Crippen LogP contribution in [0.15, 0.2) is 34.7 Å². The Kier molecular flexibility index (Phi) is 5.98. The van der Waals surface area contributed by atoms with Crippen molar-refractivity contribution in [2.75, 3.05) is 25.1 Å². The average Bonchev–Trinajstić information content (AvgIpc) is 3.08. The van der Waals surface area contributed by atoms with Crippen molar-refractivity contribution < 1.29 is 17.9 Å². The summed E-state index contributed by atoms with van der Waals surface area (Å²) in [5, 5.41) is 0. The molecule has 0 bridgehead atoms. The summed E-state index contributed by atoms with van der Waals surface area (Å²) in [6.07, 6.45) is 8.78. The highest BCUT2D eigenvalue weighted by Gasteiger charge is 2.25. The van der Waals surface area contributed by atoms with Gasteiger partial charge in [0.15, 0.2) is 0 Å². The number of anilines is 1. The zero-order valence-corrected chi connectivity index (χ0v) is 16.0. The number of nitrogens with one attached hydrogen (secondary N) is 1. The minimum atomic E-state index is -3.71. The van der Waals surface area contributed by atoms with Gasteiger partial charge >= 0.3 is 0 Å². The van der Waals surface area contributed by atoms with Gasteiger partial charge in [-0.05, 0) is 56.7 Å².